The van der Waals surface area contributed by atoms with Gasteiger partial charge in [-0.25, -0.2) is 8.78 Å². The van der Waals surface area contributed by atoms with Gasteiger partial charge in [0.25, 0.3) is 11.8 Å². The maximum Gasteiger partial charge on any atom is 0.418 e. The van der Waals surface area contributed by atoms with E-state index in [1.165, 1.54) is 6.07 Å². The SMILES string of the molecule is CC(F)(F)C1Cc2c(ccc(C#N)c2C(F)(F)F)N1Cc1noc(-c2cc(C(F)(F)F)cc(C(F)(F)F)c2)n1. The van der Waals surface area contributed by atoms with Gasteiger partial charge in [-0.15, -0.1) is 0 Å². The summed E-state index contributed by atoms with van der Waals surface area (Å²) in [4.78, 5) is 4.52. The topological polar surface area (TPSA) is 66.0 Å². The van der Waals surface area contributed by atoms with Gasteiger partial charge in [0.1, 0.15) is 0 Å². The van der Waals surface area contributed by atoms with Gasteiger partial charge in [0.05, 0.1) is 40.9 Å². The maximum atomic E-state index is 14.5. The standard InChI is InChI=1S/C23H13F11N4O/c1-20(24,25)16-7-14-15(3-2-10(8-35)18(14)23(32,33)34)38(16)9-17-36-19(39-37-17)11-4-12(21(26,27)28)6-13(5-11)22(29,30)31/h2-6,16H,7,9H2,1H3. The van der Waals surface area contributed by atoms with Crippen LogP contribution in [0.5, 0.6) is 0 Å². The third kappa shape index (κ3) is 5.48. The second-order valence-electron chi connectivity index (χ2n) is 8.71. The minimum absolute atomic E-state index is 0.121. The number of nitriles is 1. The van der Waals surface area contributed by atoms with E-state index >= 15 is 0 Å². The monoisotopic (exact) mass is 570 g/mol. The Morgan fingerprint density at radius 1 is 0.923 bits per heavy atom. The van der Waals surface area contributed by atoms with E-state index in [0.717, 1.165) is 17.0 Å². The number of nitrogens with zero attached hydrogens (tertiary/aromatic N) is 4. The van der Waals surface area contributed by atoms with Gasteiger partial charge < -0.3 is 9.42 Å². The molecule has 3 aromatic rings. The van der Waals surface area contributed by atoms with Gasteiger partial charge in [0.2, 0.25) is 0 Å². The fourth-order valence-electron chi connectivity index (χ4n) is 4.32. The number of benzene rings is 2. The van der Waals surface area contributed by atoms with E-state index in [1.807, 2.05) is 0 Å². The summed E-state index contributed by atoms with van der Waals surface area (Å²) >= 11 is 0. The molecule has 4 rings (SSSR count). The number of halogens is 11. The summed E-state index contributed by atoms with van der Waals surface area (Å²) in [6.07, 6.45) is -16.2. The van der Waals surface area contributed by atoms with Crippen molar-refractivity contribution in [2.45, 2.75) is 50.4 Å². The Balaban J connectivity index is 1.77. The van der Waals surface area contributed by atoms with E-state index in [0.29, 0.717) is 19.1 Å². The van der Waals surface area contributed by atoms with Crippen molar-refractivity contribution in [1.82, 2.24) is 10.1 Å². The van der Waals surface area contributed by atoms with Gasteiger partial charge in [-0.3, -0.25) is 0 Å². The first kappa shape index (κ1) is 28.1. The zero-order valence-corrected chi connectivity index (χ0v) is 19.2. The van der Waals surface area contributed by atoms with Crippen molar-refractivity contribution < 1.29 is 52.8 Å². The molecule has 0 radical (unpaired) electrons. The fraction of sp³-hybridized carbons (Fsp3) is 0.348. The normalized spacial score (nSPS) is 16.4. The molecule has 0 N–H and O–H groups in total. The molecule has 0 amide bonds. The summed E-state index contributed by atoms with van der Waals surface area (Å²) in [6, 6.07) is 1.84. The number of hydrogen-bond donors (Lipinski definition) is 0. The highest BCUT2D eigenvalue weighted by atomic mass is 19.4. The van der Waals surface area contributed by atoms with Gasteiger partial charge in [-0.1, -0.05) is 5.16 Å². The van der Waals surface area contributed by atoms with E-state index in [9.17, 15) is 48.3 Å². The molecule has 0 spiro atoms. The van der Waals surface area contributed by atoms with E-state index in [-0.39, 0.29) is 11.8 Å². The zero-order chi connectivity index (χ0) is 29.1. The smallest absolute Gasteiger partial charge is 0.354 e. The molecule has 1 aromatic heterocycles. The Morgan fingerprint density at radius 2 is 1.51 bits per heavy atom. The predicted molar refractivity (Wildman–Crippen MR) is 110 cm³/mol. The Hall–Kier alpha value is -3.90. The molecule has 2 aromatic carbocycles. The minimum Gasteiger partial charge on any atom is -0.354 e. The lowest BCUT2D eigenvalue weighted by Gasteiger charge is -2.30. The second kappa shape index (κ2) is 9.09. The van der Waals surface area contributed by atoms with Crippen molar-refractivity contribution in [2.24, 2.45) is 0 Å². The van der Waals surface area contributed by atoms with Crippen molar-refractivity contribution in [3.05, 3.63) is 64.0 Å². The molecule has 0 saturated heterocycles. The van der Waals surface area contributed by atoms with E-state index in [4.69, 9.17) is 9.78 Å². The van der Waals surface area contributed by atoms with Gasteiger partial charge in [0, 0.05) is 24.6 Å². The quantitative estimate of drug-likeness (QED) is 0.309. The van der Waals surface area contributed by atoms with Crippen LogP contribution in [-0.2, 0) is 31.5 Å². The summed E-state index contributed by atoms with van der Waals surface area (Å²) in [6.45, 7) is -0.281. The van der Waals surface area contributed by atoms with Crippen LogP contribution in [0.15, 0.2) is 34.9 Å². The Labute approximate surface area is 211 Å². The molecule has 208 valence electrons. The van der Waals surface area contributed by atoms with Crippen LogP contribution in [0.1, 0.15) is 40.6 Å². The summed E-state index contributed by atoms with van der Waals surface area (Å²) < 4.78 is 154. The summed E-state index contributed by atoms with van der Waals surface area (Å²) in [5.74, 6) is -4.91. The van der Waals surface area contributed by atoms with Gasteiger partial charge in [-0.2, -0.15) is 49.8 Å². The molecule has 5 nitrogen and oxygen atoms in total. The van der Waals surface area contributed by atoms with Crippen molar-refractivity contribution in [2.75, 3.05) is 4.90 Å². The highest BCUT2D eigenvalue weighted by Gasteiger charge is 2.48. The molecule has 1 atom stereocenters. The average Bonchev–Trinajstić information content (AvgIpc) is 3.41. The molecule has 16 heteroatoms. The maximum absolute atomic E-state index is 14.5. The van der Waals surface area contributed by atoms with Gasteiger partial charge >= 0.3 is 18.5 Å². The molecule has 0 aliphatic carbocycles. The first-order valence-electron chi connectivity index (χ1n) is 10.7. The largest absolute Gasteiger partial charge is 0.418 e. The molecule has 2 heterocycles. The molecule has 1 aliphatic heterocycles. The Morgan fingerprint density at radius 3 is 2.00 bits per heavy atom. The molecular weight excluding hydrogens is 557 g/mol. The lowest BCUT2D eigenvalue weighted by Crippen LogP contribution is -2.44. The summed E-state index contributed by atoms with van der Waals surface area (Å²) in [5.41, 5.74) is -7.18. The van der Waals surface area contributed by atoms with Crippen LogP contribution in [0, 0.1) is 11.3 Å². The average molecular weight is 570 g/mol. The number of fused-ring (bicyclic) bond motifs is 1. The third-order valence-corrected chi connectivity index (χ3v) is 5.97. The number of alkyl halides is 11. The minimum atomic E-state index is -5.17. The molecule has 0 saturated carbocycles. The van der Waals surface area contributed by atoms with Crippen LogP contribution in [0.3, 0.4) is 0 Å². The van der Waals surface area contributed by atoms with Crippen LogP contribution in [-0.4, -0.2) is 22.1 Å². The van der Waals surface area contributed by atoms with Crippen molar-refractivity contribution in [3.8, 4) is 17.5 Å². The molecule has 1 unspecified atom stereocenters. The van der Waals surface area contributed by atoms with Crippen LogP contribution in [0.25, 0.3) is 11.5 Å². The number of rotatable bonds is 4. The molecular formula is C23H13F11N4O. The second-order valence-corrected chi connectivity index (χ2v) is 8.71. The zero-order valence-electron chi connectivity index (χ0n) is 19.2. The Bertz CT molecular complexity index is 1410. The van der Waals surface area contributed by atoms with E-state index in [1.54, 1.807) is 0 Å². The molecule has 0 bridgehead atoms. The molecule has 1 aliphatic rings. The molecule has 0 fully saturated rings. The van der Waals surface area contributed by atoms with E-state index < -0.39 is 88.6 Å². The first-order valence-corrected chi connectivity index (χ1v) is 10.7. The highest BCUT2D eigenvalue weighted by molar-refractivity contribution is 5.67. The molecule has 39 heavy (non-hydrogen) atoms. The number of hydrogen-bond acceptors (Lipinski definition) is 5. The number of aromatic nitrogens is 2. The van der Waals surface area contributed by atoms with Crippen LogP contribution < -0.4 is 4.90 Å². The lowest BCUT2D eigenvalue weighted by molar-refractivity contribution is -0.143. The van der Waals surface area contributed by atoms with Crippen molar-refractivity contribution in [3.63, 3.8) is 0 Å². The lowest BCUT2D eigenvalue weighted by atomic mass is 9.96. The predicted octanol–water partition coefficient (Wildman–Crippen LogP) is 7.25. The summed E-state index contributed by atoms with van der Waals surface area (Å²) in [7, 11) is 0. The fourth-order valence-corrected chi connectivity index (χ4v) is 4.32. The van der Waals surface area contributed by atoms with E-state index in [2.05, 4.69) is 10.1 Å². The van der Waals surface area contributed by atoms with Gasteiger partial charge in [-0.05, 0) is 35.9 Å². The Kier molecular flexibility index (Phi) is 6.56. The van der Waals surface area contributed by atoms with Crippen LogP contribution in [0.4, 0.5) is 54.0 Å². The number of anilines is 1. The van der Waals surface area contributed by atoms with Crippen LogP contribution >= 0.6 is 0 Å². The highest BCUT2D eigenvalue weighted by Crippen LogP contribution is 2.47. The van der Waals surface area contributed by atoms with Crippen molar-refractivity contribution >= 4 is 5.69 Å². The third-order valence-electron chi connectivity index (χ3n) is 5.97. The first-order chi connectivity index (χ1) is 17.8. The van der Waals surface area contributed by atoms with Crippen molar-refractivity contribution in [1.29, 1.82) is 5.26 Å². The summed E-state index contributed by atoms with van der Waals surface area (Å²) in [5, 5.41) is 12.5. The van der Waals surface area contributed by atoms with Gasteiger partial charge in [0.15, 0.2) is 5.82 Å². The van der Waals surface area contributed by atoms with Crippen LogP contribution in [0.2, 0.25) is 0 Å².